The van der Waals surface area contributed by atoms with E-state index in [2.05, 4.69) is 10.6 Å². The van der Waals surface area contributed by atoms with Crippen LogP contribution in [0.1, 0.15) is 18.9 Å². The van der Waals surface area contributed by atoms with Crippen LogP contribution in [0.15, 0.2) is 18.2 Å². The van der Waals surface area contributed by atoms with Gasteiger partial charge in [-0.1, -0.05) is 13.0 Å². The zero-order valence-electron chi connectivity index (χ0n) is 10.8. The van der Waals surface area contributed by atoms with Crippen LogP contribution in [0.5, 0.6) is 0 Å². The first-order valence-corrected chi connectivity index (χ1v) is 6.05. The Hall–Kier alpha value is -1.20. The summed E-state index contributed by atoms with van der Waals surface area (Å²) < 4.78 is 26.5. The number of rotatable bonds is 7. The summed E-state index contributed by atoms with van der Waals surface area (Å²) in [5, 5.41) is 5.72. The normalized spacial score (nSPS) is 9.84. The molecule has 0 aliphatic carbocycles. The highest BCUT2D eigenvalue weighted by Gasteiger charge is 2.12. The van der Waals surface area contributed by atoms with Gasteiger partial charge >= 0.3 is 0 Å². The second-order valence-corrected chi connectivity index (χ2v) is 3.98. The van der Waals surface area contributed by atoms with Gasteiger partial charge in [0.15, 0.2) is 0 Å². The van der Waals surface area contributed by atoms with E-state index in [0.717, 1.165) is 25.1 Å². The molecule has 0 heterocycles. The van der Waals surface area contributed by atoms with E-state index in [1.54, 1.807) is 0 Å². The van der Waals surface area contributed by atoms with Crippen LogP contribution >= 0.6 is 12.4 Å². The Bertz CT molecular complexity index is 382. The van der Waals surface area contributed by atoms with Gasteiger partial charge in [-0.2, -0.15) is 0 Å². The van der Waals surface area contributed by atoms with E-state index in [4.69, 9.17) is 0 Å². The minimum Gasteiger partial charge on any atom is -0.355 e. The van der Waals surface area contributed by atoms with Crippen molar-refractivity contribution in [2.45, 2.75) is 19.8 Å². The van der Waals surface area contributed by atoms with Gasteiger partial charge in [0.1, 0.15) is 11.6 Å². The lowest BCUT2D eigenvalue weighted by atomic mass is 10.1. The maximum Gasteiger partial charge on any atom is 0.224 e. The second kappa shape index (κ2) is 9.69. The van der Waals surface area contributed by atoms with Gasteiger partial charge in [0.05, 0.1) is 6.42 Å². The Kier molecular flexibility index (Phi) is 9.08. The van der Waals surface area contributed by atoms with E-state index >= 15 is 0 Å². The van der Waals surface area contributed by atoms with Crippen molar-refractivity contribution in [2.24, 2.45) is 0 Å². The van der Waals surface area contributed by atoms with Crippen molar-refractivity contribution in [3.05, 3.63) is 35.4 Å². The first-order valence-electron chi connectivity index (χ1n) is 6.05. The molecule has 108 valence electrons. The van der Waals surface area contributed by atoms with Crippen molar-refractivity contribution in [1.29, 1.82) is 0 Å². The van der Waals surface area contributed by atoms with Crippen LogP contribution in [0.3, 0.4) is 0 Å². The van der Waals surface area contributed by atoms with Crippen LogP contribution < -0.4 is 10.6 Å². The molecule has 0 saturated carbocycles. The van der Waals surface area contributed by atoms with Crippen LogP contribution in [-0.4, -0.2) is 25.5 Å². The molecule has 1 aromatic carbocycles. The smallest absolute Gasteiger partial charge is 0.224 e. The second-order valence-electron chi connectivity index (χ2n) is 3.98. The third-order valence-corrected chi connectivity index (χ3v) is 2.45. The van der Waals surface area contributed by atoms with Gasteiger partial charge in [-0.05, 0) is 25.1 Å². The fraction of sp³-hybridized carbons (Fsp3) is 0.462. The van der Waals surface area contributed by atoms with Crippen molar-refractivity contribution in [2.75, 3.05) is 19.6 Å². The lowest BCUT2D eigenvalue weighted by Crippen LogP contribution is -2.33. The summed E-state index contributed by atoms with van der Waals surface area (Å²) in [7, 11) is 0. The Balaban J connectivity index is 0.00000324. The standard InChI is InChI=1S/C13H18F2N2O.ClH/c1-2-6-16-7-8-17-13(18)9-10-11(14)4-3-5-12(10)15;/h3-5,16H,2,6-9H2,1H3,(H,17,18);1H. The Labute approximate surface area is 118 Å². The lowest BCUT2D eigenvalue weighted by molar-refractivity contribution is -0.120. The average molecular weight is 293 g/mol. The summed E-state index contributed by atoms with van der Waals surface area (Å²) in [6, 6.07) is 3.57. The summed E-state index contributed by atoms with van der Waals surface area (Å²) in [6.45, 7) is 4.04. The predicted octanol–water partition coefficient (Wildman–Crippen LogP) is 2.04. The molecule has 3 nitrogen and oxygen atoms in total. The van der Waals surface area contributed by atoms with Crippen molar-refractivity contribution < 1.29 is 13.6 Å². The first kappa shape index (κ1) is 17.8. The SMILES string of the molecule is CCCNCCNC(=O)Cc1c(F)cccc1F.Cl. The third-order valence-electron chi connectivity index (χ3n) is 2.45. The minimum absolute atomic E-state index is 0. The number of hydrogen-bond donors (Lipinski definition) is 2. The van der Waals surface area contributed by atoms with Gasteiger partial charge in [0.25, 0.3) is 0 Å². The van der Waals surface area contributed by atoms with Crippen LogP contribution in [0.2, 0.25) is 0 Å². The third kappa shape index (κ3) is 6.50. The average Bonchev–Trinajstić information content (AvgIpc) is 2.34. The van der Waals surface area contributed by atoms with Crippen LogP contribution in [0.4, 0.5) is 8.78 Å². The molecule has 2 N–H and O–H groups in total. The van der Waals surface area contributed by atoms with Gasteiger partial charge in [0, 0.05) is 18.7 Å². The monoisotopic (exact) mass is 292 g/mol. The topological polar surface area (TPSA) is 41.1 Å². The molecule has 0 spiro atoms. The largest absolute Gasteiger partial charge is 0.355 e. The van der Waals surface area contributed by atoms with Crippen molar-refractivity contribution >= 4 is 18.3 Å². The van der Waals surface area contributed by atoms with Gasteiger partial charge < -0.3 is 10.6 Å². The molecule has 0 bridgehead atoms. The Morgan fingerprint density at radius 2 is 1.79 bits per heavy atom. The highest BCUT2D eigenvalue weighted by Crippen LogP contribution is 2.12. The molecule has 0 aliphatic heterocycles. The molecule has 0 aromatic heterocycles. The van der Waals surface area contributed by atoms with E-state index in [0.29, 0.717) is 13.1 Å². The molecule has 0 atom stereocenters. The molecular weight excluding hydrogens is 274 g/mol. The quantitative estimate of drug-likeness (QED) is 0.755. The minimum atomic E-state index is -0.686. The zero-order valence-corrected chi connectivity index (χ0v) is 11.7. The molecule has 0 radical (unpaired) electrons. The number of carbonyl (C=O) groups excluding carboxylic acids is 1. The summed E-state index contributed by atoms with van der Waals surface area (Å²) in [6.07, 6.45) is 0.751. The van der Waals surface area contributed by atoms with E-state index in [-0.39, 0.29) is 30.3 Å². The highest BCUT2D eigenvalue weighted by molar-refractivity contribution is 5.85. The fourth-order valence-corrected chi connectivity index (χ4v) is 1.52. The van der Waals surface area contributed by atoms with Gasteiger partial charge in [-0.25, -0.2) is 8.78 Å². The zero-order chi connectivity index (χ0) is 13.4. The van der Waals surface area contributed by atoms with Crippen molar-refractivity contribution in [1.82, 2.24) is 10.6 Å². The summed E-state index contributed by atoms with van der Waals surface area (Å²) in [5.41, 5.74) is -0.184. The number of nitrogens with one attached hydrogen (secondary N) is 2. The molecule has 0 aliphatic rings. The molecule has 0 saturated heterocycles. The highest BCUT2D eigenvalue weighted by atomic mass is 35.5. The van der Waals surface area contributed by atoms with Gasteiger partial charge in [-0.3, -0.25) is 4.79 Å². The Morgan fingerprint density at radius 3 is 2.37 bits per heavy atom. The van der Waals surface area contributed by atoms with Gasteiger partial charge in [-0.15, -0.1) is 12.4 Å². The summed E-state index contributed by atoms with van der Waals surface area (Å²) in [4.78, 5) is 11.5. The summed E-state index contributed by atoms with van der Waals surface area (Å²) in [5.74, 6) is -1.75. The predicted molar refractivity (Wildman–Crippen MR) is 73.5 cm³/mol. The molecular formula is C13H19ClF2N2O. The van der Waals surface area contributed by atoms with E-state index < -0.39 is 11.6 Å². The van der Waals surface area contributed by atoms with E-state index in [1.807, 2.05) is 6.92 Å². The molecule has 1 rings (SSSR count). The molecule has 0 unspecified atom stereocenters. The van der Waals surface area contributed by atoms with E-state index in [1.165, 1.54) is 6.07 Å². The maximum absolute atomic E-state index is 13.3. The molecule has 1 amide bonds. The van der Waals surface area contributed by atoms with E-state index in [9.17, 15) is 13.6 Å². The van der Waals surface area contributed by atoms with Crippen molar-refractivity contribution in [3.63, 3.8) is 0 Å². The van der Waals surface area contributed by atoms with Gasteiger partial charge in [0.2, 0.25) is 5.91 Å². The van der Waals surface area contributed by atoms with Crippen molar-refractivity contribution in [3.8, 4) is 0 Å². The summed E-state index contributed by atoms with van der Waals surface area (Å²) >= 11 is 0. The van der Waals surface area contributed by atoms with Crippen LogP contribution in [-0.2, 0) is 11.2 Å². The Morgan fingerprint density at radius 1 is 1.16 bits per heavy atom. The maximum atomic E-state index is 13.3. The first-order chi connectivity index (χ1) is 8.65. The number of hydrogen-bond acceptors (Lipinski definition) is 2. The number of benzene rings is 1. The molecule has 1 aromatic rings. The molecule has 0 fully saturated rings. The van der Waals surface area contributed by atoms with Crippen LogP contribution in [0.25, 0.3) is 0 Å². The number of amides is 1. The van der Waals surface area contributed by atoms with Crippen LogP contribution in [0, 0.1) is 11.6 Å². The number of carbonyl (C=O) groups is 1. The fourth-order valence-electron chi connectivity index (χ4n) is 1.52. The molecule has 19 heavy (non-hydrogen) atoms. The lowest BCUT2D eigenvalue weighted by Gasteiger charge is -2.07. The molecule has 6 heteroatoms. The number of halogens is 3.